The van der Waals surface area contributed by atoms with Crippen molar-refractivity contribution in [1.82, 2.24) is 4.98 Å². The molecule has 14 heavy (non-hydrogen) atoms. The second kappa shape index (κ2) is 3.05. The molecule has 1 aromatic heterocycles. The molecule has 0 fully saturated rings. The molecule has 0 bridgehead atoms. The van der Waals surface area contributed by atoms with Crippen LogP contribution in [0.2, 0.25) is 0 Å². The average molecular weight is 265 g/mol. The molecule has 1 aromatic rings. The Balaban J connectivity index is 2.48. The average Bonchev–Trinajstić information content (AvgIpc) is 2.45. The van der Waals surface area contributed by atoms with Gasteiger partial charge >= 0.3 is 6.18 Å². The minimum atomic E-state index is -4.41. The summed E-state index contributed by atoms with van der Waals surface area (Å²) in [6.45, 7) is 0.0522. The van der Waals surface area contributed by atoms with Crippen LogP contribution in [0.4, 0.5) is 13.2 Å². The molecule has 2 nitrogen and oxygen atoms in total. The van der Waals surface area contributed by atoms with Gasteiger partial charge in [0.05, 0.1) is 12.2 Å². The standard InChI is InChI=1S/C8H4BrF3N2/c9-5-1-4-2-14-7(8(10,11)12)6(4)13-3-5/h1,3H,2H2. The van der Waals surface area contributed by atoms with E-state index in [0.29, 0.717) is 10.0 Å². The number of halogens is 4. The number of rotatable bonds is 0. The summed E-state index contributed by atoms with van der Waals surface area (Å²) in [6.07, 6.45) is -3.07. The number of nitrogens with zero attached hydrogens (tertiary/aromatic N) is 2. The zero-order chi connectivity index (χ0) is 10.3. The molecule has 1 aliphatic rings. The smallest absolute Gasteiger partial charge is 0.274 e. The van der Waals surface area contributed by atoms with Gasteiger partial charge in [-0.3, -0.25) is 9.98 Å². The van der Waals surface area contributed by atoms with Crippen molar-refractivity contribution in [1.29, 1.82) is 0 Å². The molecule has 0 aromatic carbocycles. The number of pyridine rings is 1. The molecule has 0 saturated carbocycles. The Morgan fingerprint density at radius 3 is 2.71 bits per heavy atom. The molecular formula is C8H4BrF3N2. The molecule has 6 heteroatoms. The molecule has 0 N–H and O–H groups in total. The van der Waals surface area contributed by atoms with Crippen LogP contribution in [0.25, 0.3) is 0 Å². The van der Waals surface area contributed by atoms with E-state index in [9.17, 15) is 13.2 Å². The Morgan fingerprint density at radius 2 is 2.07 bits per heavy atom. The fourth-order valence-corrected chi connectivity index (χ4v) is 1.66. The summed E-state index contributed by atoms with van der Waals surface area (Å²) in [7, 11) is 0. The van der Waals surface area contributed by atoms with Gasteiger partial charge in [-0.1, -0.05) is 0 Å². The summed E-state index contributed by atoms with van der Waals surface area (Å²) in [5.41, 5.74) is -0.424. The van der Waals surface area contributed by atoms with Gasteiger partial charge in [0.1, 0.15) is 0 Å². The van der Waals surface area contributed by atoms with Gasteiger partial charge in [0, 0.05) is 16.2 Å². The lowest BCUT2D eigenvalue weighted by Gasteiger charge is -2.06. The highest BCUT2D eigenvalue weighted by Crippen LogP contribution is 2.29. The van der Waals surface area contributed by atoms with Crippen LogP contribution < -0.4 is 0 Å². The Morgan fingerprint density at radius 1 is 1.36 bits per heavy atom. The highest BCUT2D eigenvalue weighted by Gasteiger charge is 2.40. The number of aliphatic imine (C=N–C) groups is 1. The first-order valence-corrected chi connectivity index (χ1v) is 4.54. The predicted molar refractivity (Wildman–Crippen MR) is 48.2 cm³/mol. The van der Waals surface area contributed by atoms with Crippen molar-refractivity contribution in [2.24, 2.45) is 4.99 Å². The first-order chi connectivity index (χ1) is 6.48. The summed E-state index contributed by atoms with van der Waals surface area (Å²) in [5, 5.41) is 0. The van der Waals surface area contributed by atoms with Crippen molar-refractivity contribution in [3.8, 4) is 0 Å². The predicted octanol–water partition coefficient (Wildman–Crippen LogP) is 2.71. The van der Waals surface area contributed by atoms with Crippen molar-refractivity contribution in [2.75, 3.05) is 0 Å². The summed E-state index contributed by atoms with van der Waals surface area (Å²) >= 11 is 3.14. The SMILES string of the molecule is FC(F)(F)C1=NCc2cc(Br)cnc21. The molecule has 0 amide bonds. The first-order valence-electron chi connectivity index (χ1n) is 3.75. The molecule has 0 unspecified atom stereocenters. The maximum absolute atomic E-state index is 12.4. The zero-order valence-electron chi connectivity index (χ0n) is 6.77. The Kier molecular flexibility index (Phi) is 2.10. The van der Waals surface area contributed by atoms with Gasteiger partial charge < -0.3 is 0 Å². The summed E-state index contributed by atoms with van der Waals surface area (Å²) in [4.78, 5) is 7.13. The zero-order valence-corrected chi connectivity index (χ0v) is 8.35. The lowest BCUT2D eigenvalue weighted by Crippen LogP contribution is -2.23. The number of fused-ring (bicyclic) bond motifs is 1. The monoisotopic (exact) mass is 264 g/mol. The third kappa shape index (κ3) is 1.54. The van der Waals surface area contributed by atoms with E-state index >= 15 is 0 Å². The third-order valence-corrected chi connectivity index (χ3v) is 2.27. The lowest BCUT2D eigenvalue weighted by molar-refractivity contribution is -0.0581. The van der Waals surface area contributed by atoms with Crippen molar-refractivity contribution >= 4 is 21.6 Å². The number of alkyl halides is 3. The maximum atomic E-state index is 12.4. The molecule has 0 atom stereocenters. The molecule has 0 spiro atoms. The van der Waals surface area contributed by atoms with Gasteiger partial charge in [-0.25, -0.2) is 0 Å². The van der Waals surface area contributed by atoms with E-state index < -0.39 is 11.9 Å². The molecular weight excluding hydrogens is 261 g/mol. The van der Waals surface area contributed by atoms with Crippen LogP contribution >= 0.6 is 15.9 Å². The second-order valence-corrected chi connectivity index (χ2v) is 3.74. The van der Waals surface area contributed by atoms with Crippen molar-refractivity contribution in [2.45, 2.75) is 12.7 Å². The van der Waals surface area contributed by atoms with E-state index in [1.807, 2.05) is 0 Å². The lowest BCUT2D eigenvalue weighted by atomic mass is 10.1. The van der Waals surface area contributed by atoms with E-state index in [4.69, 9.17) is 0 Å². The molecule has 0 aliphatic carbocycles. The Hall–Kier alpha value is -0.910. The van der Waals surface area contributed by atoms with Crippen LogP contribution in [-0.4, -0.2) is 16.9 Å². The van der Waals surface area contributed by atoms with Crippen LogP contribution in [0.1, 0.15) is 11.3 Å². The molecule has 74 valence electrons. The number of aromatic nitrogens is 1. The maximum Gasteiger partial charge on any atom is 0.435 e. The molecule has 2 heterocycles. The van der Waals surface area contributed by atoms with Gasteiger partial charge in [-0.05, 0) is 22.0 Å². The van der Waals surface area contributed by atoms with Crippen LogP contribution in [0, 0.1) is 0 Å². The van der Waals surface area contributed by atoms with Gasteiger partial charge in [0.15, 0.2) is 5.71 Å². The van der Waals surface area contributed by atoms with Crippen molar-refractivity contribution in [3.05, 3.63) is 28.0 Å². The second-order valence-electron chi connectivity index (χ2n) is 2.82. The summed E-state index contributed by atoms with van der Waals surface area (Å²) in [5.74, 6) is 0. The van der Waals surface area contributed by atoms with E-state index in [1.165, 1.54) is 6.20 Å². The quantitative estimate of drug-likeness (QED) is 0.708. The van der Waals surface area contributed by atoms with Crippen LogP contribution in [-0.2, 0) is 6.54 Å². The van der Waals surface area contributed by atoms with Crippen molar-refractivity contribution in [3.63, 3.8) is 0 Å². The van der Waals surface area contributed by atoms with E-state index in [1.54, 1.807) is 6.07 Å². The largest absolute Gasteiger partial charge is 0.435 e. The van der Waals surface area contributed by atoms with E-state index in [0.717, 1.165) is 0 Å². The molecule has 0 saturated heterocycles. The van der Waals surface area contributed by atoms with E-state index in [-0.39, 0.29) is 12.2 Å². The molecule has 2 rings (SSSR count). The van der Waals surface area contributed by atoms with Crippen LogP contribution in [0.3, 0.4) is 0 Å². The van der Waals surface area contributed by atoms with Crippen LogP contribution in [0.5, 0.6) is 0 Å². The van der Waals surface area contributed by atoms with Gasteiger partial charge in [0.2, 0.25) is 0 Å². The number of hydrogen-bond donors (Lipinski definition) is 0. The highest BCUT2D eigenvalue weighted by molar-refractivity contribution is 9.10. The Labute approximate surface area is 86.0 Å². The van der Waals surface area contributed by atoms with Crippen molar-refractivity contribution < 1.29 is 13.2 Å². The fraction of sp³-hybridized carbons (Fsp3) is 0.250. The summed E-state index contributed by atoms with van der Waals surface area (Å²) in [6, 6.07) is 1.60. The highest BCUT2D eigenvalue weighted by atomic mass is 79.9. The first kappa shape index (κ1) is 9.64. The van der Waals surface area contributed by atoms with Gasteiger partial charge in [-0.2, -0.15) is 13.2 Å². The summed E-state index contributed by atoms with van der Waals surface area (Å²) < 4.78 is 37.7. The third-order valence-electron chi connectivity index (χ3n) is 1.83. The molecule has 0 radical (unpaired) electrons. The number of hydrogen-bond acceptors (Lipinski definition) is 2. The van der Waals surface area contributed by atoms with Gasteiger partial charge in [0.25, 0.3) is 0 Å². The molecule has 1 aliphatic heterocycles. The normalized spacial score (nSPS) is 15.3. The fourth-order valence-electron chi connectivity index (χ4n) is 1.28. The minimum absolute atomic E-state index is 0.0522. The van der Waals surface area contributed by atoms with Crippen LogP contribution in [0.15, 0.2) is 21.7 Å². The Bertz CT molecular complexity index is 412. The topological polar surface area (TPSA) is 25.2 Å². The minimum Gasteiger partial charge on any atom is -0.274 e. The van der Waals surface area contributed by atoms with E-state index in [2.05, 4.69) is 25.9 Å². The van der Waals surface area contributed by atoms with Gasteiger partial charge in [-0.15, -0.1) is 0 Å².